The van der Waals surface area contributed by atoms with Crippen LogP contribution in [0.3, 0.4) is 0 Å². The van der Waals surface area contributed by atoms with Crippen LogP contribution in [0.25, 0.3) is 11.4 Å². The summed E-state index contributed by atoms with van der Waals surface area (Å²) in [5.41, 5.74) is 1.92. The monoisotopic (exact) mass is 499 g/mol. The van der Waals surface area contributed by atoms with E-state index in [1.165, 1.54) is 19.3 Å². The fourth-order valence-corrected chi connectivity index (χ4v) is 5.57. The van der Waals surface area contributed by atoms with Gasteiger partial charge in [-0.05, 0) is 43.2 Å². The van der Waals surface area contributed by atoms with Crippen molar-refractivity contribution in [3.8, 4) is 40.1 Å². The number of benzene rings is 2. The van der Waals surface area contributed by atoms with Gasteiger partial charge in [0, 0.05) is 22.9 Å². The molecule has 4 rings (SSSR count). The molecule has 0 saturated heterocycles. The van der Waals surface area contributed by atoms with Gasteiger partial charge in [-0.25, -0.2) is 0 Å². The smallest absolute Gasteiger partial charge is 0.203 e. The van der Waals surface area contributed by atoms with Crippen LogP contribution in [0, 0.1) is 0 Å². The van der Waals surface area contributed by atoms with E-state index in [9.17, 15) is 0 Å². The number of thioether (sulfide) groups is 1. The predicted molar refractivity (Wildman–Crippen MR) is 136 cm³/mol. The molecule has 1 saturated carbocycles. The molecule has 8 nitrogen and oxygen atoms in total. The van der Waals surface area contributed by atoms with E-state index in [1.807, 2.05) is 30.3 Å². The van der Waals surface area contributed by atoms with Crippen LogP contribution < -0.4 is 23.7 Å². The summed E-state index contributed by atoms with van der Waals surface area (Å²) < 4.78 is 30.0. The molecule has 0 aliphatic heterocycles. The quantitative estimate of drug-likeness (QED) is 0.325. The van der Waals surface area contributed by atoms with Crippen molar-refractivity contribution in [1.82, 2.24) is 14.8 Å². The van der Waals surface area contributed by atoms with E-state index in [4.69, 9.17) is 23.7 Å². The maximum absolute atomic E-state index is 5.59. The van der Waals surface area contributed by atoms with Crippen molar-refractivity contribution in [1.29, 1.82) is 0 Å². The molecule has 1 aliphatic rings. The highest BCUT2D eigenvalue weighted by Gasteiger charge is 2.26. The molecular weight excluding hydrogens is 466 g/mol. The summed E-state index contributed by atoms with van der Waals surface area (Å²) in [4.78, 5) is 0. The summed E-state index contributed by atoms with van der Waals surface area (Å²) in [6.45, 7) is 0. The van der Waals surface area contributed by atoms with E-state index in [1.54, 1.807) is 47.3 Å². The van der Waals surface area contributed by atoms with Gasteiger partial charge in [0.05, 0.1) is 35.5 Å². The van der Waals surface area contributed by atoms with E-state index in [0.717, 1.165) is 46.4 Å². The molecule has 0 N–H and O–H groups in total. The largest absolute Gasteiger partial charge is 0.497 e. The molecule has 1 aromatic heterocycles. The Hall–Kier alpha value is -3.07. The fourth-order valence-electron chi connectivity index (χ4n) is 4.59. The van der Waals surface area contributed by atoms with Gasteiger partial charge in [-0.2, -0.15) is 0 Å². The number of rotatable bonds is 10. The molecule has 0 spiro atoms. The second kappa shape index (κ2) is 11.6. The Labute approximate surface area is 210 Å². The minimum atomic E-state index is 0.336. The molecule has 3 aromatic rings. The van der Waals surface area contributed by atoms with Gasteiger partial charge in [-0.15, -0.1) is 10.2 Å². The third kappa shape index (κ3) is 5.29. The van der Waals surface area contributed by atoms with Crippen molar-refractivity contribution in [2.45, 2.75) is 49.1 Å². The highest BCUT2D eigenvalue weighted by molar-refractivity contribution is 7.98. The Bertz CT molecular complexity index is 1120. The normalized spacial score (nSPS) is 14.0. The Morgan fingerprint density at radius 3 is 2.09 bits per heavy atom. The minimum Gasteiger partial charge on any atom is -0.497 e. The standard InChI is InChI=1S/C26H33N3O5S/c1-30-20-11-12-21(31-2)18(13-20)16-35-26-28-27-25(29(26)19-9-7-6-8-10-19)17-14-22(32-3)24(34-5)23(15-17)33-4/h11-15,19H,6-10,16H2,1-5H3. The fraction of sp³-hybridized carbons (Fsp3) is 0.462. The second-order valence-electron chi connectivity index (χ2n) is 8.35. The van der Waals surface area contributed by atoms with Gasteiger partial charge in [0.25, 0.3) is 0 Å². The van der Waals surface area contributed by atoms with Crippen molar-refractivity contribution in [3.05, 3.63) is 35.9 Å². The maximum Gasteiger partial charge on any atom is 0.203 e. The molecule has 2 aromatic carbocycles. The molecule has 0 atom stereocenters. The van der Waals surface area contributed by atoms with Crippen LogP contribution >= 0.6 is 11.8 Å². The summed E-state index contributed by atoms with van der Waals surface area (Å²) in [6, 6.07) is 10.0. The van der Waals surface area contributed by atoms with Crippen LogP contribution in [0.4, 0.5) is 0 Å². The van der Waals surface area contributed by atoms with Crippen molar-refractivity contribution >= 4 is 11.8 Å². The zero-order chi connectivity index (χ0) is 24.8. The average Bonchev–Trinajstić information content (AvgIpc) is 3.35. The van der Waals surface area contributed by atoms with Gasteiger partial charge >= 0.3 is 0 Å². The summed E-state index contributed by atoms with van der Waals surface area (Å²) in [7, 11) is 8.20. The van der Waals surface area contributed by atoms with Crippen LogP contribution in [0.15, 0.2) is 35.5 Å². The molecule has 1 heterocycles. The zero-order valence-electron chi connectivity index (χ0n) is 21.0. The van der Waals surface area contributed by atoms with E-state index >= 15 is 0 Å². The number of methoxy groups -OCH3 is 5. The van der Waals surface area contributed by atoms with Crippen molar-refractivity contribution in [2.75, 3.05) is 35.5 Å². The zero-order valence-corrected chi connectivity index (χ0v) is 21.8. The van der Waals surface area contributed by atoms with Crippen LogP contribution in [0.1, 0.15) is 43.7 Å². The first-order valence-electron chi connectivity index (χ1n) is 11.7. The van der Waals surface area contributed by atoms with E-state index in [-0.39, 0.29) is 0 Å². The van der Waals surface area contributed by atoms with Crippen LogP contribution in [0.2, 0.25) is 0 Å². The Morgan fingerprint density at radius 1 is 0.800 bits per heavy atom. The molecule has 0 unspecified atom stereocenters. The molecule has 0 bridgehead atoms. The van der Waals surface area contributed by atoms with E-state index < -0.39 is 0 Å². The number of nitrogens with zero attached hydrogens (tertiary/aromatic N) is 3. The van der Waals surface area contributed by atoms with Gasteiger partial charge in [0.15, 0.2) is 22.5 Å². The highest BCUT2D eigenvalue weighted by atomic mass is 32.2. The average molecular weight is 500 g/mol. The summed E-state index contributed by atoms with van der Waals surface area (Å²) in [6.07, 6.45) is 5.87. The van der Waals surface area contributed by atoms with Gasteiger partial charge in [0.2, 0.25) is 5.75 Å². The van der Waals surface area contributed by atoms with Gasteiger partial charge in [-0.3, -0.25) is 4.57 Å². The number of aromatic nitrogens is 3. The van der Waals surface area contributed by atoms with E-state index in [2.05, 4.69) is 14.8 Å². The summed E-state index contributed by atoms with van der Waals surface area (Å²) in [5, 5.41) is 10.1. The minimum absolute atomic E-state index is 0.336. The Kier molecular flexibility index (Phi) is 8.28. The summed E-state index contributed by atoms with van der Waals surface area (Å²) in [5.74, 6) is 4.85. The summed E-state index contributed by atoms with van der Waals surface area (Å²) >= 11 is 1.65. The lowest BCUT2D eigenvalue weighted by atomic mass is 9.95. The van der Waals surface area contributed by atoms with Crippen molar-refractivity contribution in [3.63, 3.8) is 0 Å². The topological polar surface area (TPSA) is 76.9 Å². The third-order valence-corrected chi connectivity index (χ3v) is 7.36. The third-order valence-electron chi connectivity index (χ3n) is 6.37. The highest BCUT2D eigenvalue weighted by Crippen LogP contribution is 2.43. The molecular formula is C26H33N3O5S. The number of hydrogen-bond acceptors (Lipinski definition) is 8. The molecule has 1 fully saturated rings. The lowest BCUT2D eigenvalue weighted by Crippen LogP contribution is -2.15. The molecule has 0 radical (unpaired) electrons. The first-order valence-corrected chi connectivity index (χ1v) is 12.7. The molecule has 1 aliphatic carbocycles. The van der Waals surface area contributed by atoms with Crippen molar-refractivity contribution < 1.29 is 23.7 Å². The SMILES string of the molecule is COc1ccc(OC)c(CSc2nnc(-c3cc(OC)c(OC)c(OC)c3)n2C2CCCCC2)c1. The lowest BCUT2D eigenvalue weighted by Gasteiger charge is -2.26. The first-order chi connectivity index (χ1) is 17.1. The number of hydrogen-bond donors (Lipinski definition) is 0. The first kappa shape index (κ1) is 25.0. The van der Waals surface area contributed by atoms with Gasteiger partial charge in [0.1, 0.15) is 11.5 Å². The lowest BCUT2D eigenvalue weighted by molar-refractivity contribution is 0.324. The molecule has 188 valence electrons. The van der Waals surface area contributed by atoms with Crippen molar-refractivity contribution in [2.24, 2.45) is 0 Å². The molecule has 35 heavy (non-hydrogen) atoms. The molecule has 9 heteroatoms. The van der Waals surface area contributed by atoms with Crippen LogP contribution in [-0.2, 0) is 5.75 Å². The number of ether oxygens (including phenoxy) is 5. The van der Waals surface area contributed by atoms with E-state index in [0.29, 0.717) is 29.0 Å². The van der Waals surface area contributed by atoms with Crippen LogP contribution in [-0.4, -0.2) is 50.3 Å². The van der Waals surface area contributed by atoms with Gasteiger partial charge < -0.3 is 23.7 Å². The van der Waals surface area contributed by atoms with Gasteiger partial charge in [-0.1, -0.05) is 31.0 Å². The predicted octanol–water partition coefficient (Wildman–Crippen LogP) is 5.79. The second-order valence-corrected chi connectivity index (χ2v) is 9.29. The maximum atomic E-state index is 5.59. The Morgan fingerprint density at radius 2 is 1.49 bits per heavy atom. The van der Waals surface area contributed by atoms with Crippen LogP contribution in [0.5, 0.6) is 28.7 Å². The Balaban J connectivity index is 1.74. The molecule has 0 amide bonds.